The van der Waals surface area contributed by atoms with E-state index in [0.717, 1.165) is 28.4 Å². The molecule has 0 aliphatic heterocycles. The Morgan fingerprint density at radius 3 is 2.85 bits per heavy atom. The summed E-state index contributed by atoms with van der Waals surface area (Å²) >= 11 is 6.11. The van der Waals surface area contributed by atoms with Crippen molar-refractivity contribution in [1.29, 1.82) is 0 Å². The molecular formula is C15H16ClN3O. The highest BCUT2D eigenvalue weighted by atomic mass is 35.5. The smallest absolute Gasteiger partial charge is 0.240 e. The molecular weight excluding hydrogens is 274 g/mol. The second-order valence-corrected chi connectivity index (χ2v) is 5.31. The topological polar surface area (TPSA) is 47.0 Å². The summed E-state index contributed by atoms with van der Waals surface area (Å²) in [5.74, 6) is 0.530. The minimum atomic E-state index is 0.530. The fourth-order valence-corrected chi connectivity index (χ4v) is 2.34. The second-order valence-electron chi connectivity index (χ2n) is 4.87. The number of hydrogen-bond acceptors (Lipinski definition) is 4. The van der Waals surface area contributed by atoms with E-state index in [1.807, 2.05) is 18.2 Å². The molecule has 1 aliphatic carbocycles. The molecule has 0 spiro atoms. The Bertz CT molecular complexity index is 614. The van der Waals surface area contributed by atoms with Gasteiger partial charge in [0, 0.05) is 35.6 Å². The van der Waals surface area contributed by atoms with Crippen molar-refractivity contribution < 1.29 is 4.74 Å². The van der Waals surface area contributed by atoms with Crippen molar-refractivity contribution in [3.63, 3.8) is 0 Å². The maximum atomic E-state index is 6.11. The molecule has 104 valence electrons. The molecule has 0 saturated heterocycles. The summed E-state index contributed by atoms with van der Waals surface area (Å²) in [4.78, 5) is 8.60. The van der Waals surface area contributed by atoms with Crippen LogP contribution in [0.15, 0.2) is 30.6 Å². The van der Waals surface area contributed by atoms with Crippen LogP contribution in [0.4, 0.5) is 0 Å². The summed E-state index contributed by atoms with van der Waals surface area (Å²) in [6, 6.07) is 6.45. The lowest BCUT2D eigenvalue weighted by Crippen LogP contribution is -2.16. The largest absolute Gasteiger partial charge is 0.479 e. The van der Waals surface area contributed by atoms with E-state index in [9.17, 15) is 0 Å². The standard InChI is InChI=1S/C15H16ClN3O/c1-20-15-14(17-6-7-18-15)13-5-2-11(16)8-10(13)9-19-12-3-4-12/h2,5-8,12,19H,3-4,9H2,1H3. The number of halogens is 1. The van der Waals surface area contributed by atoms with Crippen molar-refractivity contribution in [2.24, 2.45) is 0 Å². The monoisotopic (exact) mass is 289 g/mol. The average molecular weight is 290 g/mol. The van der Waals surface area contributed by atoms with Gasteiger partial charge in [0.05, 0.1) is 7.11 Å². The van der Waals surface area contributed by atoms with E-state index in [1.54, 1.807) is 19.5 Å². The molecule has 20 heavy (non-hydrogen) atoms. The van der Waals surface area contributed by atoms with Crippen LogP contribution in [0.1, 0.15) is 18.4 Å². The van der Waals surface area contributed by atoms with Crippen LogP contribution in [-0.2, 0) is 6.54 Å². The number of nitrogens with one attached hydrogen (secondary N) is 1. The van der Waals surface area contributed by atoms with Gasteiger partial charge in [0.15, 0.2) is 0 Å². The molecule has 1 heterocycles. The first kappa shape index (κ1) is 13.3. The molecule has 1 aromatic heterocycles. The predicted molar refractivity (Wildman–Crippen MR) is 78.9 cm³/mol. The number of methoxy groups -OCH3 is 1. The summed E-state index contributed by atoms with van der Waals surface area (Å²) in [6.45, 7) is 0.778. The number of nitrogens with zero attached hydrogens (tertiary/aromatic N) is 2. The second kappa shape index (κ2) is 5.77. The molecule has 0 amide bonds. The minimum Gasteiger partial charge on any atom is -0.479 e. The molecule has 0 bridgehead atoms. The van der Waals surface area contributed by atoms with Crippen LogP contribution in [0.5, 0.6) is 5.88 Å². The van der Waals surface area contributed by atoms with Crippen LogP contribution in [0.3, 0.4) is 0 Å². The van der Waals surface area contributed by atoms with Crippen LogP contribution >= 0.6 is 11.6 Å². The van der Waals surface area contributed by atoms with Gasteiger partial charge in [0.25, 0.3) is 0 Å². The zero-order valence-electron chi connectivity index (χ0n) is 11.3. The number of aromatic nitrogens is 2. The molecule has 0 radical (unpaired) electrons. The van der Waals surface area contributed by atoms with E-state index in [0.29, 0.717) is 11.9 Å². The molecule has 4 nitrogen and oxygen atoms in total. The highest BCUT2D eigenvalue weighted by molar-refractivity contribution is 6.30. The number of ether oxygens (including phenoxy) is 1. The molecule has 2 aromatic rings. The Labute approximate surface area is 123 Å². The molecule has 1 fully saturated rings. The Balaban J connectivity index is 1.98. The van der Waals surface area contributed by atoms with Gasteiger partial charge in [-0.3, -0.25) is 0 Å². The van der Waals surface area contributed by atoms with Crippen LogP contribution < -0.4 is 10.1 Å². The number of benzene rings is 1. The van der Waals surface area contributed by atoms with Crippen LogP contribution in [0.2, 0.25) is 5.02 Å². The minimum absolute atomic E-state index is 0.530. The maximum absolute atomic E-state index is 6.11. The molecule has 5 heteroatoms. The zero-order chi connectivity index (χ0) is 13.9. The molecule has 1 aromatic carbocycles. The van der Waals surface area contributed by atoms with Crippen molar-refractivity contribution in [3.05, 3.63) is 41.2 Å². The quantitative estimate of drug-likeness (QED) is 0.919. The van der Waals surface area contributed by atoms with Gasteiger partial charge in [-0.2, -0.15) is 0 Å². The summed E-state index contributed by atoms with van der Waals surface area (Å²) in [5.41, 5.74) is 2.87. The van der Waals surface area contributed by atoms with E-state index < -0.39 is 0 Å². The number of rotatable bonds is 5. The molecule has 0 unspecified atom stereocenters. The van der Waals surface area contributed by atoms with Gasteiger partial charge in [-0.1, -0.05) is 17.7 Å². The Morgan fingerprint density at radius 2 is 2.10 bits per heavy atom. The fourth-order valence-electron chi connectivity index (χ4n) is 2.14. The third kappa shape index (κ3) is 2.92. The van der Waals surface area contributed by atoms with E-state index in [-0.39, 0.29) is 0 Å². The van der Waals surface area contributed by atoms with Gasteiger partial charge in [0.2, 0.25) is 5.88 Å². The summed E-state index contributed by atoms with van der Waals surface area (Å²) < 4.78 is 5.30. The summed E-state index contributed by atoms with van der Waals surface area (Å²) in [6.07, 6.45) is 5.81. The van der Waals surface area contributed by atoms with Crippen molar-refractivity contribution in [2.45, 2.75) is 25.4 Å². The van der Waals surface area contributed by atoms with Crippen LogP contribution in [-0.4, -0.2) is 23.1 Å². The fraction of sp³-hybridized carbons (Fsp3) is 0.333. The van der Waals surface area contributed by atoms with Crippen LogP contribution in [0, 0.1) is 0 Å². The van der Waals surface area contributed by atoms with E-state index in [2.05, 4.69) is 15.3 Å². The normalized spacial score (nSPS) is 14.3. The highest BCUT2D eigenvalue weighted by Gasteiger charge is 2.21. The van der Waals surface area contributed by atoms with Crippen molar-refractivity contribution in [1.82, 2.24) is 15.3 Å². The number of hydrogen-bond donors (Lipinski definition) is 1. The van der Waals surface area contributed by atoms with Gasteiger partial charge in [-0.25, -0.2) is 9.97 Å². The van der Waals surface area contributed by atoms with Gasteiger partial charge >= 0.3 is 0 Å². The van der Waals surface area contributed by atoms with Crippen molar-refractivity contribution in [2.75, 3.05) is 7.11 Å². The third-order valence-corrected chi connectivity index (χ3v) is 3.57. The van der Waals surface area contributed by atoms with E-state index in [1.165, 1.54) is 12.8 Å². The molecule has 1 saturated carbocycles. The highest BCUT2D eigenvalue weighted by Crippen LogP contribution is 2.31. The van der Waals surface area contributed by atoms with Crippen molar-refractivity contribution >= 4 is 11.6 Å². The van der Waals surface area contributed by atoms with Gasteiger partial charge in [-0.05, 0) is 30.5 Å². The Hall–Kier alpha value is -1.65. The van der Waals surface area contributed by atoms with Gasteiger partial charge in [-0.15, -0.1) is 0 Å². The SMILES string of the molecule is COc1nccnc1-c1ccc(Cl)cc1CNC1CC1. The molecule has 1 N–H and O–H groups in total. The lowest BCUT2D eigenvalue weighted by Gasteiger charge is -2.12. The first-order valence-corrected chi connectivity index (χ1v) is 7.03. The third-order valence-electron chi connectivity index (χ3n) is 3.34. The van der Waals surface area contributed by atoms with Crippen LogP contribution in [0.25, 0.3) is 11.3 Å². The Kier molecular flexibility index (Phi) is 3.85. The van der Waals surface area contributed by atoms with Crippen molar-refractivity contribution in [3.8, 4) is 17.1 Å². The molecule has 3 rings (SSSR count). The predicted octanol–water partition coefficient (Wildman–Crippen LogP) is 3.06. The molecule has 1 aliphatic rings. The Morgan fingerprint density at radius 1 is 1.30 bits per heavy atom. The van der Waals surface area contributed by atoms with Gasteiger partial charge < -0.3 is 10.1 Å². The van der Waals surface area contributed by atoms with E-state index in [4.69, 9.17) is 16.3 Å². The molecule has 0 atom stereocenters. The summed E-state index contributed by atoms with van der Waals surface area (Å²) in [7, 11) is 1.60. The average Bonchev–Trinajstić information content (AvgIpc) is 3.29. The maximum Gasteiger partial charge on any atom is 0.240 e. The first-order chi connectivity index (χ1) is 9.78. The summed E-state index contributed by atoms with van der Waals surface area (Å²) in [5, 5.41) is 4.23. The van der Waals surface area contributed by atoms with E-state index >= 15 is 0 Å². The van der Waals surface area contributed by atoms with Gasteiger partial charge in [0.1, 0.15) is 5.69 Å². The first-order valence-electron chi connectivity index (χ1n) is 6.65. The zero-order valence-corrected chi connectivity index (χ0v) is 12.0. The lowest BCUT2D eigenvalue weighted by molar-refractivity contribution is 0.397. The lowest BCUT2D eigenvalue weighted by atomic mass is 10.0.